The van der Waals surface area contributed by atoms with Crippen LogP contribution in [-0.4, -0.2) is 71.4 Å². The van der Waals surface area contributed by atoms with Crippen LogP contribution in [0.1, 0.15) is 77.0 Å². The van der Waals surface area contributed by atoms with E-state index in [1.54, 1.807) is 27.7 Å². The van der Waals surface area contributed by atoms with Gasteiger partial charge in [-0.15, -0.1) is 0 Å². The molecule has 1 aliphatic carbocycles. The molecule has 0 spiro atoms. The largest absolute Gasteiger partial charge is 0.444 e. The van der Waals surface area contributed by atoms with Gasteiger partial charge in [0, 0.05) is 13.6 Å². The molecule has 1 fully saturated rings. The normalized spacial score (nSPS) is 21.0. The Labute approximate surface area is 213 Å². The van der Waals surface area contributed by atoms with E-state index >= 15 is 0 Å². The molecule has 3 rings (SSSR count). The van der Waals surface area contributed by atoms with E-state index in [0.29, 0.717) is 13.0 Å². The first-order chi connectivity index (χ1) is 17.0. The van der Waals surface area contributed by atoms with Crippen LogP contribution < -0.4 is 10.6 Å². The smallest absolute Gasteiger partial charge is 0.410 e. The van der Waals surface area contributed by atoms with Crippen molar-refractivity contribution in [1.29, 1.82) is 0 Å². The van der Waals surface area contributed by atoms with Crippen molar-refractivity contribution in [2.24, 2.45) is 0 Å². The Kier molecular flexibility index (Phi) is 8.98. The maximum absolute atomic E-state index is 13.2. The van der Waals surface area contributed by atoms with Gasteiger partial charge in [-0.1, -0.05) is 24.3 Å². The highest BCUT2D eigenvalue weighted by Gasteiger charge is 2.33. The summed E-state index contributed by atoms with van der Waals surface area (Å²) in [5.41, 5.74) is 1.72. The monoisotopic (exact) mass is 500 g/mol. The molecule has 36 heavy (non-hydrogen) atoms. The summed E-state index contributed by atoms with van der Waals surface area (Å²) in [6, 6.07) is 6.54. The maximum atomic E-state index is 13.2. The topological polar surface area (TPSA) is 108 Å². The van der Waals surface area contributed by atoms with E-state index in [-0.39, 0.29) is 24.4 Å². The zero-order chi connectivity index (χ0) is 26.5. The minimum Gasteiger partial charge on any atom is -0.444 e. The molecule has 9 nitrogen and oxygen atoms in total. The summed E-state index contributed by atoms with van der Waals surface area (Å²) < 4.78 is 5.33. The molecule has 4 amide bonds. The van der Waals surface area contributed by atoms with Crippen LogP contribution in [0.3, 0.4) is 0 Å². The van der Waals surface area contributed by atoms with E-state index < -0.39 is 29.7 Å². The Morgan fingerprint density at radius 1 is 1.08 bits per heavy atom. The van der Waals surface area contributed by atoms with Crippen molar-refractivity contribution in [1.82, 2.24) is 20.4 Å². The lowest BCUT2D eigenvalue weighted by Gasteiger charge is -2.30. The Balaban J connectivity index is 1.58. The molecule has 0 radical (unpaired) electrons. The van der Waals surface area contributed by atoms with E-state index in [1.807, 2.05) is 12.1 Å². The molecule has 198 valence electrons. The van der Waals surface area contributed by atoms with Gasteiger partial charge >= 0.3 is 6.09 Å². The number of aryl methyl sites for hydroxylation is 1. The van der Waals surface area contributed by atoms with Crippen molar-refractivity contribution in [3.63, 3.8) is 0 Å². The van der Waals surface area contributed by atoms with Crippen molar-refractivity contribution in [3.05, 3.63) is 35.4 Å². The molecule has 2 N–H and O–H groups in total. The third-order valence-corrected chi connectivity index (χ3v) is 6.78. The highest BCUT2D eigenvalue weighted by Crippen LogP contribution is 2.29. The second kappa shape index (κ2) is 11.8. The molecule has 2 aliphatic rings. The van der Waals surface area contributed by atoms with Crippen LogP contribution in [0.25, 0.3) is 0 Å². The molecule has 1 unspecified atom stereocenters. The van der Waals surface area contributed by atoms with Gasteiger partial charge in [0.25, 0.3) is 0 Å². The van der Waals surface area contributed by atoms with Crippen molar-refractivity contribution >= 4 is 23.8 Å². The van der Waals surface area contributed by atoms with Gasteiger partial charge in [0.05, 0.1) is 12.6 Å². The summed E-state index contributed by atoms with van der Waals surface area (Å²) in [6.45, 7) is 7.28. The van der Waals surface area contributed by atoms with Crippen molar-refractivity contribution in [2.45, 2.75) is 89.9 Å². The molecule has 1 aliphatic heterocycles. The van der Waals surface area contributed by atoms with Crippen LogP contribution >= 0.6 is 0 Å². The summed E-state index contributed by atoms with van der Waals surface area (Å²) in [4.78, 5) is 54.1. The number of hydrogen-bond acceptors (Lipinski definition) is 5. The number of carbonyl (C=O) groups is 4. The van der Waals surface area contributed by atoms with Gasteiger partial charge in [-0.2, -0.15) is 0 Å². The molecule has 3 atom stereocenters. The highest BCUT2D eigenvalue weighted by atomic mass is 16.6. The third-order valence-electron chi connectivity index (χ3n) is 6.78. The molecular formula is C27H40N4O5. The minimum absolute atomic E-state index is 0.0444. The van der Waals surface area contributed by atoms with Crippen molar-refractivity contribution < 1.29 is 23.9 Å². The number of hydrogen-bond donors (Lipinski definition) is 2. The number of rotatable bonds is 6. The molecule has 1 saturated heterocycles. The second-order valence-electron chi connectivity index (χ2n) is 10.8. The van der Waals surface area contributed by atoms with E-state index in [0.717, 1.165) is 37.7 Å². The molecule has 0 saturated carbocycles. The van der Waals surface area contributed by atoms with Gasteiger partial charge in [0.15, 0.2) is 0 Å². The number of nitrogens with one attached hydrogen (secondary N) is 2. The summed E-state index contributed by atoms with van der Waals surface area (Å²) >= 11 is 0. The number of likely N-dealkylation sites (tertiary alicyclic amines) is 1. The predicted octanol–water partition coefficient (Wildman–Crippen LogP) is 2.93. The summed E-state index contributed by atoms with van der Waals surface area (Å²) in [5.74, 6) is -0.908. The van der Waals surface area contributed by atoms with Crippen LogP contribution in [0.15, 0.2) is 24.3 Å². The van der Waals surface area contributed by atoms with Gasteiger partial charge in [0.1, 0.15) is 17.7 Å². The Morgan fingerprint density at radius 2 is 1.78 bits per heavy atom. The second-order valence-corrected chi connectivity index (χ2v) is 10.8. The maximum Gasteiger partial charge on any atom is 0.410 e. The van der Waals surface area contributed by atoms with Gasteiger partial charge in [-0.25, -0.2) is 4.79 Å². The molecule has 0 aromatic heterocycles. The third kappa shape index (κ3) is 7.21. The summed E-state index contributed by atoms with van der Waals surface area (Å²) in [5, 5.41) is 5.90. The summed E-state index contributed by atoms with van der Waals surface area (Å²) in [7, 11) is 1.49. The molecular weight excluding hydrogens is 460 g/mol. The number of carbonyl (C=O) groups excluding carboxylic acids is 4. The van der Waals surface area contributed by atoms with E-state index in [1.165, 1.54) is 22.4 Å². The molecule has 1 aromatic carbocycles. The van der Waals surface area contributed by atoms with Crippen LogP contribution in [0.5, 0.6) is 0 Å². The van der Waals surface area contributed by atoms with Crippen LogP contribution in [0.4, 0.5) is 4.79 Å². The Bertz CT molecular complexity index is 973. The lowest BCUT2D eigenvalue weighted by molar-refractivity contribution is -0.139. The number of fused-ring (bicyclic) bond motifs is 1. The minimum atomic E-state index is -0.820. The van der Waals surface area contributed by atoms with E-state index in [9.17, 15) is 19.2 Å². The van der Waals surface area contributed by atoms with Crippen LogP contribution in [-0.2, 0) is 25.5 Å². The van der Waals surface area contributed by atoms with Gasteiger partial charge in [0.2, 0.25) is 17.7 Å². The van der Waals surface area contributed by atoms with Crippen LogP contribution in [0, 0.1) is 0 Å². The lowest BCUT2D eigenvalue weighted by atomic mass is 9.88. The SMILES string of the molecule is C[C@@H](C(=O)NC1CCCCN(CC(=O)N[C@@H]2CCCc3ccccc32)C1=O)N(C)C(=O)OC(C)(C)C. The Morgan fingerprint density at radius 3 is 2.50 bits per heavy atom. The van der Waals surface area contributed by atoms with E-state index in [4.69, 9.17) is 4.74 Å². The number of ether oxygens (including phenoxy) is 1. The quantitative estimate of drug-likeness (QED) is 0.624. The molecule has 1 aromatic rings. The number of amides is 4. The van der Waals surface area contributed by atoms with Crippen molar-refractivity contribution in [2.75, 3.05) is 20.1 Å². The first-order valence-electron chi connectivity index (χ1n) is 12.9. The zero-order valence-electron chi connectivity index (χ0n) is 22.1. The Hall–Kier alpha value is -3.10. The predicted molar refractivity (Wildman–Crippen MR) is 136 cm³/mol. The lowest BCUT2D eigenvalue weighted by Crippen LogP contribution is -2.54. The number of nitrogens with zero attached hydrogens (tertiary/aromatic N) is 2. The van der Waals surface area contributed by atoms with Gasteiger partial charge in [-0.3, -0.25) is 19.3 Å². The fourth-order valence-corrected chi connectivity index (χ4v) is 4.67. The average molecular weight is 501 g/mol. The fourth-order valence-electron chi connectivity index (χ4n) is 4.67. The molecule has 1 heterocycles. The summed E-state index contributed by atoms with van der Waals surface area (Å²) in [6.07, 6.45) is 4.27. The zero-order valence-corrected chi connectivity index (χ0v) is 22.1. The standard InChI is InChI=1S/C27H40N4O5/c1-18(30(5)26(35)36-27(2,3)4)24(33)29-22-14-8-9-16-31(25(22)34)17-23(32)28-21-15-10-12-19-11-6-7-13-20(19)21/h6-7,11,13,18,21-22H,8-10,12,14-17H2,1-5H3,(H,28,32)(H,29,33)/t18-,21+,22?/m0/s1. The number of benzene rings is 1. The molecule has 9 heteroatoms. The average Bonchev–Trinajstić information content (AvgIpc) is 2.98. The highest BCUT2D eigenvalue weighted by molar-refractivity contribution is 5.93. The van der Waals surface area contributed by atoms with Crippen LogP contribution in [0.2, 0.25) is 0 Å². The van der Waals surface area contributed by atoms with Crippen molar-refractivity contribution in [3.8, 4) is 0 Å². The first-order valence-corrected chi connectivity index (χ1v) is 12.9. The van der Waals surface area contributed by atoms with Gasteiger partial charge < -0.3 is 20.3 Å². The number of likely N-dealkylation sites (N-methyl/N-ethyl adjacent to an activating group) is 1. The van der Waals surface area contributed by atoms with E-state index in [2.05, 4.69) is 22.8 Å². The molecule has 0 bridgehead atoms. The first kappa shape index (κ1) is 27.5. The fraction of sp³-hybridized carbons (Fsp3) is 0.630. The van der Waals surface area contributed by atoms with Gasteiger partial charge in [-0.05, 0) is 77.3 Å².